The number of nitrogens with zero attached hydrogens (tertiary/aromatic N) is 1. The van der Waals surface area contributed by atoms with Gasteiger partial charge >= 0.3 is 0 Å². The Balaban J connectivity index is 1.93. The number of hydrogen-bond acceptors (Lipinski definition) is 3. The quantitative estimate of drug-likeness (QED) is 0.594. The molecule has 4 nitrogen and oxygen atoms in total. The summed E-state index contributed by atoms with van der Waals surface area (Å²) < 4.78 is 13.8. The number of rotatable bonds is 1. The summed E-state index contributed by atoms with van der Waals surface area (Å²) in [6, 6.07) is 4.16. The first-order chi connectivity index (χ1) is 9.13. The number of anilines is 1. The maximum atomic E-state index is 13.8. The molecule has 0 bridgehead atoms. The molecule has 2 fully saturated rings. The van der Waals surface area contributed by atoms with Gasteiger partial charge in [-0.3, -0.25) is 9.59 Å². The zero-order valence-corrected chi connectivity index (χ0v) is 10.0. The molecule has 1 aliphatic carbocycles. The molecule has 2 aliphatic rings. The number of fused-ring (bicyclic) bond motifs is 1. The topological polar surface area (TPSA) is 63.4 Å². The molecule has 5 heteroatoms. The molecule has 1 saturated carbocycles. The summed E-state index contributed by atoms with van der Waals surface area (Å²) in [5.41, 5.74) is 5.70. The number of benzene rings is 1. The van der Waals surface area contributed by atoms with E-state index in [4.69, 9.17) is 5.73 Å². The van der Waals surface area contributed by atoms with Gasteiger partial charge in [-0.1, -0.05) is 11.8 Å². The van der Waals surface area contributed by atoms with Crippen molar-refractivity contribution in [2.24, 2.45) is 17.6 Å². The first kappa shape index (κ1) is 11.9. The lowest BCUT2D eigenvalue weighted by molar-refractivity contribution is -0.123. The van der Waals surface area contributed by atoms with E-state index in [1.165, 1.54) is 18.2 Å². The van der Waals surface area contributed by atoms with Gasteiger partial charge in [-0.05, 0) is 24.6 Å². The van der Waals surface area contributed by atoms with Crippen LogP contribution in [0.1, 0.15) is 12.0 Å². The maximum Gasteiger partial charge on any atom is 0.237 e. The Bertz CT molecular complexity index is 625. The second-order valence-corrected chi connectivity index (χ2v) is 4.63. The highest BCUT2D eigenvalue weighted by Crippen LogP contribution is 2.48. The van der Waals surface area contributed by atoms with Crippen LogP contribution in [-0.2, 0) is 9.59 Å². The van der Waals surface area contributed by atoms with Crippen LogP contribution >= 0.6 is 0 Å². The molecular weight excluding hydrogens is 247 g/mol. The molecule has 2 N–H and O–H groups in total. The van der Waals surface area contributed by atoms with Gasteiger partial charge in [-0.25, -0.2) is 9.29 Å². The van der Waals surface area contributed by atoms with Crippen molar-refractivity contribution in [2.45, 2.75) is 6.42 Å². The van der Waals surface area contributed by atoms with Crippen molar-refractivity contribution in [3.05, 3.63) is 29.6 Å². The van der Waals surface area contributed by atoms with Crippen LogP contribution in [-0.4, -0.2) is 18.4 Å². The Morgan fingerprint density at radius 2 is 2.00 bits per heavy atom. The molecule has 1 saturated heterocycles. The van der Waals surface area contributed by atoms with Crippen LogP contribution in [0.3, 0.4) is 0 Å². The molecule has 2 atom stereocenters. The number of nitrogens with two attached hydrogens (primary N) is 1. The third-order valence-electron chi connectivity index (χ3n) is 3.40. The molecule has 1 aromatic carbocycles. The molecule has 2 unspecified atom stereocenters. The third-order valence-corrected chi connectivity index (χ3v) is 3.40. The number of amides is 2. The lowest BCUT2D eigenvalue weighted by Crippen LogP contribution is -2.32. The minimum absolute atomic E-state index is 0.146. The lowest BCUT2D eigenvalue weighted by Gasteiger charge is -2.16. The van der Waals surface area contributed by atoms with Gasteiger partial charge in [0.25, 0.3) is 0 Å². The van der Waals surface area contributed by atoms with E-state index in [2.05, 4.69) is 11.8 Å². The third kappa shape index (κ3) is 1.81. The summed E-state index contributed by atoms with van der Waals surface area (Å²) in [4.78, 5) is 24.8. The van der Waals surface area contributed by atoms with Gasteiger partial charge in [0.1, 0.15) is 5.82 Å². The van der Waals surface area contributed by atoms with E-state index in [9.17, 15) is 14.0 Å². The zero-order valence-electron chi connectivity index (χ0n) is 10.0. The van der Waals surface area contributed by atoms with Crippen molar-refractivity contribution in [1.82, 2.24) is 0 Å². The number of halogens is 1. The van der Waals surface area contributed by atoms with Crippen molar-refractivity contribution in [1.29, 1.82) is 0 Å². The van der Waals surface area contributed by atoms with Crippen molar-refractivity contribution in [3.8, 4) is 11.8 Å². The monoisotopic (exact) mass is 258 g/mol. The highest BCUT2D eigenvalue weighted by atomic mass is 19.1. The molecule has 19 heavy (non-hydrogen) atoms. The van der Waals surface area contributed by atoms with Gasteiger partial charge in [-0.15, -0.1) is 0 Å². The van der Waals surface area contributed by atoms with Gasteiger partial charge in [0, 0.05) is 0 Å². The van der Waals surface area contributed by atoms with Gasteiger partial charge in [0.2, 0.25) is 11.8 Å². The van der Waals surface area contributed by atoms with E-state index in [0.29, 0.717) is 6.42 Å². The average molecular weight is 258 g/mol. The predicted molar refractivity (Wildman–Crippen MR) is 66.4 cm³/mol. The van der Waals surface area contributed by atoms with Gasteiger partial charge in [0.15, 0.2) is 0 Å². The van der Waals surface area contributed by atoms with E-state index in [-0.39, 0.29) is 41.4 Å². The second-order valence-electron chi connectivity index (χ2n) is 4.63. The maximum absolute atomic E-state index is 13.8. The van der Waals surface area contributed by atoms with Crippen LogP contribution in [0.4, 0.5) is 10.1 Å². The normalized spacial score (nSPS) is 24.0. The second kappa shape index (κ2) is 4.18. The van der Waals surface area contributed by atoms with E-state index in [0.717, 1.165) is 4.90 Å². The summed E-state index contributed by atoms with van der Waals surface area (Å²) in [5.74, 6) is 3.76. The first-order valence-electron chi connectivity index (χ1n) is 6.00. The Morgan fingerprint density at radius 1 is 1.32 bits per heavy atom. The van der Waals surface area contributed by atoms with Crippen molar-refractivity contribution in [2.75, 3.05) is 11.4 Å². The molecule has 0 aromatic heterocycles. The fourth-order valence-corrected chi connectivity index (χ4v) is 2.33. The molecule has 96 valence electrons. The SMILES string of the molecule is NCC#Cc1ccc(N2C(=O)C3CC3C2=O)cc1F. The van der Waals surface area contributed by atoms with Crippen LogP contribution in [0.5, 0.6) is 0 Å². The smallest absolute Gasteiger partial charge is 0.237 e. The highest BCUT2D eigenvalue weighted by Gasteiger charge is 2.59. The van der Waals surface area contributed by atoms with E-state index in [1.807, 2.05) is 0 Å². The molecule has 3 rings (SSSR count). The molecule has 1 aliphatic heterocycles. The molecule has 2 amide bonds. The Labute approximate surface area is 109 Å². The fraction of sp³-hybridized carbons (Fsp3) is 0.286. The highest BCUT2D eigenvalue weighted by molar-refractivity contribution is 6.24. The van der Waals surface area contributed by atoms with Crippen LogP contribution in [0.2, 0.25) is 0 Å². The summed E-state index contributed by atoms with van der Waals surface area (Å²) in [7, 11) is 0. The van der Waals surface area contributed by atoms with Gasteiger partial charge < -0.3 is 5.73 Å². The zero-order chi connectivity index (χ0) is 13.6. The first-order valence-corrected chi connectivity index (χ1v) is 6.00. The fourth-order valence-electron chi connectivity index (χ4n) is 2.33. The van der Waals surface area contributed by atoms with Crippen LogP contribution in [0, 0.1) is 29.5 Å². The number of carbonyl (C=O) groups is 2. The largest absolute Gasteiger partial charge is 0.320 e. The average Bonchev–Trinajstić information content (AvgIpc) is 3.13. The van der Waals surface area contributed by atoms with Gasteiger partial charge in [0.05, 0.1) is 29.6 Å². The standard InChI is InChI=1S/C14H11FN2O2/c15-12-6-9(4-3-8(12)2-1-5-16)17-13(18)10-7-11(10)14(17)19/h3-4,6,10-11H,5,7,16H2. The van der Waals surface area contributed by atoms with Crippen molar-refractivity contribution >= 4 is 17.5 Å². The van der Waals surface area contributed by atoms with E-state index < -0.39 is 5.82 Å². The molecule has 0 spiro atoms. The summed E-state index contributed by atoms with van der Waals surface area (Å²) >= 11 is 0. The van der Waals surface area contributed by atoms with Crippen molar-refractivity contribution < 1.29 is 14.0 Å². The minimum atomic E-state index is -0.556. The van der Waals surface area contributed by atoms with Crippen LogP contribution < -0.4 is 10.6 Å². The number of hydrogen-bond donors (Lipinski definition) is 1. The predicted octanol–water partition coefficient (Wildman–Crippen LogP) is 0.645. The number of carbonyl (C=O) groups excluding carboxylic acids is 2. The van der Waals surface area contributed by atoms with Crippen LogP contribution in [0.15, 0.2) is 18.2 Å². The Kier molecular flexibility index (Phi) is 2.61. The molecule has 1 aromatic rings. The Hall–Kier alpha value is -2.19. The van der Waals surface area contributed by atoms with E-state index >= 15 is 0 Å². The summed E-state index contributed by atoms with van der Waals surface area (Å²) in [5, 5.41) is 0. The van der Waals surface area contributed by atoms with Crippen molar-refractivity contribution in [3.63, 3.8) is 0 Å². The summed E-state index contributed by atoms with van der Waals surface area (Å²) in [6.45, 7) is 0.146. The van der Waals surface area contributed by atoms with Gasteiger partial charge in [-0.2, -0.15) is 0 Å². The molecule has 0 radical (unpaired) electrons. The number of imide groups is 1. The Morgan fingerprint density at radius 3 is 2.58 bits per heavy atom. The number of piperidine rings is 1. The molecular formula is C14H11FN2O2. The lowest BCUT2D eigenvalue weighted by atomic mass is 10.1. The van der Waals surface area contributed by atoms with E-state index in [1.54, 1.807) is 0 Å². The summed E-state index contributed by atoms with van der Waals surface area (Å²) in [6.07, 6.45) is 0.636. The molecule has 1 heterocycles. The minimum Gasteiger partial charge on any atom is -0.320 e. The van der Waals surface area contributed by atoms with Crippen LogP contribution in [0.25, 0.3) is 0 Å².